The maximum Gasteiger partial charge on any atom is 0.264 e. The van der Waals surface area contributed by atoms with Crippen LogP contribution in [0.25, 0.3) is 11.0 Å². The van der Waals surface area contributed by atoms with Gasteiger partial charge in [0.1, 0.15) is 11.0 Å². The highest BCUT2D eigenvalue weighted by molar-refractivity contribution is 7.90. The molecule has 0 aliphatic heterocycles. The molecule has 0 spiro atoms. The highest BCUT2D eigenvalue weighted by atomic mass is 32.2. The standard InChI is InChI=1S/C25H25N3O3S2/c1-25(2,3)19-10-12-20(13-11-19)33(30,31)28-24(29)21(15-17-7-5-4-6-8-17)18-9-14-22-23(16-18)27-32-26-22/h4-14,16,21H,15H2,1-3H3,(H,28,29). The van der Waals surface area contributed by atoms with Gasteiger partial charge in [0.2, 0.25) is 5.91 Å². The maximum absolute atomic E-state index is 13.3. The molecule has 3 aromatic carbocycles. The molecule has 1 aromatic heterocycles. The van der Waals surface area contributed by atoms with Crippen molar-refractivity contribution >= 4 is 38.7 Å². The lowest BCUT2D eigenvalue weighted by molar-refractivity contribution is -0.120. The number of carbonyl (C=O) groups is 1. The fraction of sp³-hybridized carbons (Fsp3) is 0.240. The van der Waals surface area contributed by atoms with E-state index in [0.717, 1.165) is 28.4 Å². The van der Waals surface area contributed by atoms with Gasteiger partial charge >= 0.3 is 0 Å². The van der Waals surface area contributed by atoms with Gasteiger partial charge in [-0.2, -0.15) is 8.75 Å². The summed E-state index contributed by atoms with van der Waals surface area (Å²) >= 11 is 1.10. The van der Waals surface area contributed by atoms with Gasteiger partial charge in [0.25, 0.3) is 10.0 Å². The number of fused-ring (bicyclic) bond motifs is 1. The van der Waals surface area contributed by atoms with Crippen molar-refractivity contribution < 1.29 is 13.2 Å². The quantitative estimate of drug-likeness (QED) is 0.428. The third kappa shape index (κ3) is 5.29. The molecule has 0 saturated carbocycles. The fourth-order valence-electron chi connectivity index (χ4n) is 3.62. The summed E-state index contributed by atoms with van der Waals surface area (Å²) in [6.07, 6.45) is 0.355. The van der Waals surface area contributed by atoms with E-state index in [1.54, 1.807) is 24.3 Å². The van der Waals surface area contributed by atoms with E-state index >= 15 is 0 Å². The molecule has 1 unspecified atom stereocenters. The minimum Gasteiger partial charge on any atom is -0.273 e. The number of carbonyl (C=O) groups excluding carboxylic acids is 1. The number of rotatable bonds is 6. The van der Waals surface area contributed by atoms with Crippen LogP contribution in [-0.2, 0) is 26.7 Å². The maximum atomic E-state index is 13.3. The summed E-state index contributed by atoms with van der Waals surface area (Å²) in [5.41, 5.74) is 3.96. The number of sulfonamides is 1. The molecule has 0 aliphatic rings. The third-order valence-electron chi connectivity index (χ3n) is 5.54. The molecule has 0 bridgehead atoms. The summed E-state index contributed by atoms with van der Waals surface area (Å²) in [5.74, 6) is -1.29. The highest BCUT2D eigenvalue weighted by Crippen LogP contribution is 2.27. The first-order valence-corrected chi connectivity index (χ1v) is 12.8. The van der Waals surface area contributed by atoms with Crippen LogP contribution in [-0.4, -0.2) is 23.1 Å². The molecule has 0 radical (unpaired) electrons. The van der Waals surface area contributed by atoms with Gasteiger partial charge in [-0.3, -0.25) is 4.79 Å². The van der Waals surface area contributed by atoms with E-state index in [2.05, 4.69) is 34.2 Å². The predicted molar refractivity (Wildman–Crippen MR) is 131 cm³/mol. The third-order valence-corrected chi connectivity index (χ3v) is 7.46. The van der Waals surface area contributed by atoms with Crippen molar-refractivity contribution in [2.45, 2.75) is 43.4 Å². The number of amides is 1. The first-order chi connectivity index (χ1) is 15.6. The van der Waals surface area contributed by atoms with Gasteiger partial charge in [0, 0.05) is 0 Å². The minimum atomic E-state index is -4.02. The van der Waals surface area contributed by atoms with Gasteiger partial charge in [-0.25, -0.2) is 13.1 Å². The molecule has 1 N–H and O–H groups in total. The molecule has 0 fully saturated rings. The summed E-state index contributed by atoms with van der Waals surface area (Å²) < 4.78 is 36.8. The molecular weight excluding hydrogens is 454 g/mol. The lowest BCUT2D eigenvalue weighted by Crippen LogP contribution is -2.35. The summed E-state index contributed by atoms with van der Waals surface area (Å²) in [4.78, 5) is 13.4. The van der Waals surface area contributed by atoms with E-state index in [-0.39, 0.29) is 10.3 Å². The lowest BCUT2D eigenvalue weighted by Gasteiger charge is -2.20. The SMILES string of the molecule is CC(C)(C)c1ccc(S(=O)(=O)NC(=O)C(Cc2ccccc2)c2ccc3nsnc3c2)cc1. The molecule has 170 valence electrons. The molecule has 4 aromatic rings. The average molecular weight is 480 g/mol. The smallest absolute Gasteiger partial charge is 0.264 e. The number of nitrogens with zero attached hydrogens (tertiary/aromatic N) is 2. The van der Waals surface area contributed by atoms with Gasteiger partial charge in [0.15, 0.2) is 0 Å². The van der Waals surface area contributed by atoms with Crippen molar-refractivity contribution in [1.29, 1.82) is 0 Å². The first-order valence-electron chi connectivity index (χ1n) is 10.6. The number of benzene rings is 3. The van der Waals surface area contributed by atoms with Crippen LogP contribution in [0.4, 0.5) is 0 Å². The van der Waals surface area contributed by atoms with Crippen LogP contribution in [0.15, 0.2) is 77.7 Å². The number of hydrogen-bond acceptors (Lipinski definition) is 6. The van der Waals surface area contributed by atoms with E-state index in [9.17, 15) is 13.2 Å². The van der Waals surface area contributed by atoms with E-state index in [4.69, 9.17) is 0 Å². The fourth-order valence-corrected chi connectivity index (χ4v) is 5.16. The van der Waals surface area contributed by atoms with Crippen molar-refractivity contribution in [3.05, 3.63) is 89.5 Å². The Morgan fingerprint density at radius 2 is 1.61 bits per heavy atom. The first kappa shape index (κ1) is 23.1. The van der Waals surface area contributed by atoms with Crippen LogP contribution in [0.5, 0.6) is 0 Å². The van der Waals surface area contributed by atoms with Gasteiger partial charge in [-0.15, -0.1) is 0 Å². The Kier molecular flexibility index (Phi) is 6.32. The second-order valence-corrected chi connectivity index (χ2v) is 11.2. The summed E-state index contributed by atoms with van der Waals surface area (Å²) in [5, 5.41) is 0. The molecule has 0 saturated heterocycles. The van der Waals surface area contributed by atoms with Crippen molar-refractivity contribution in [3.63, 3.8) is 0 Å². The molecule has 8 heteroatoms. The molecule has 1 atom stereocenters. The zero-order valence-corrected chi connectivity index (χ0v) is 20.3. The summed E-state index contributed by atoms with van der Waals surface area (Å²) in [7, 11) is -4.02. The zero-order valence-electron chi connectivity index (χ0n) is 18.6. The Labute approximate surface area is 198 Å². The van der Waals surface area contributed by atoms with Gasteiger partial charge in [-0.05, 0) is 52.8 Å². The van der Waals surface area contributed by atoms with Crippen molar-refractivity contribution in [2.24, 2.45) is 0 Å². The Hall–Kier alpha value is -3.10. The normalized spacial score (nSPS) is 13.1. The van der Waals surface area contributed by atoms with Gasteiger partial charge in [-0.1, -0.05) is 69.3 Å². The molecule has 1 amide bonds. The van der Waals surface area contributed by atoms with Gasteiger partial charge < -0.3 is 0 Å². The van der Waals surface area contributed by atoms with Crippen molar-refractivity contribution in [2.75, 3.05) is 0 Å². The van der Waals surface area contributed by atoms with Crippen LogP contribution < -0.4 is 4.72 Å². The minimum absolute atomic E-state index is 0.0569. The lowest BCUT2D eigenvalue weighted by atomic mass is 9.87. The zero-order chi connectivity index (χ0) is 23.6. The molecular formula is C25H25N3O3S2. The Bertz CT molecular complexity index is 1370. The van der Waals surface area contributed by atoms with Crippen molar-refractivity contribution in [3.8, 4) is 0 Å². The second-order valence-electron chi connectivity index (χ2n) is 9.00. The average Bonchev–Trinajstić information content (AvgIpc) is 3.25. The number of hydrogen-bond donors (Lipinski definition) is 1. The molecule has 6 nitrogen and oxygen atoms in total. The summed E-state index contributed by atoms with van der Waals surface area (Å²) in [6, 6.07) is 21.6. The van der Waals surface area contributed by atoms with Crippen LogP contribution in [0.2, 0.25) is 0 Å². The molecule has 0 aliphatic carbocycles. The Balaban J connectivity index is 1.64. The van der Waals surface area contributed by atoms with E-state index in [0.29, 0.717) is 17.5 Å². The monoisotopic (exact) mass is 479 g/mol. The van der Waals surface area contributed by atoms with Gasteiger partial charge in [0.05, 0.1) is 22.5 Å². The largest absolute Gasteiger partial charge is 0.273 e. The van der Waals surface area contributed by atoms with Crippen LogP contribution in [0.3, 0.4) is 0 Å². The van der Waals surface area contributed by atoms with Crippen LogP contribution in [0.1, 0.15) is 43.4 Å². The molecule has 1 heterocycles. The number of aromatic nitrogens is 2. The predicted octanol–water partition coefficient (Wildman–Crippen LogP) is 4.82. The summed E-state index contributed by atoms with van der Waals surface area (Å²) in [6.45, 7) is 6.17. The highest BCUT2D eigenvalue weighted by Gasteiger charge is 2.27. The van der Waals surface area contributed by atoms with Crippen LogP contribution >= 0.6 is 11.7 Å². The van der Waals surface area contributed by atoms with Crippen LogP contribution in [0, 0.1) is 0 Å². The Morgan fingerprint density at radius 3 is 2.27 bits per heavy atom. The second kappa shape index (κ2) is 9.03. The topological polar surface area (TPSA) is 89.0 Å². The number of nitrogens with one attached hydrogen (secondary N) is 1. The Morgan fingerprint density at radius 1 is 0.939 bits per heavy atom. The molecule has 33 heavy (non-hydrogen) atoms. The van der Waals surface area contributed by atoms with E-state index in [1.807, 2.05) is 36.4 Å². The van der Waals surface area contributed by atoms with E-state index < -0.39 is 21.8 Å². The van der Waals surface area contributed by atoms with E-state index in [1.165, 1.54) is 12.1 Å². The molecule has 4 rings (SSSR count). The van der Waals surface area contributed by atoms with Crippen molar-refractivity contribution in [1.82, 2.24) is 13.5 Å².